The molecule has 0 aliphatic carbocycles. The van der Waals surface area contributed by atoms with E-state index in [4.69, 9.17) is 0 Å². The highest BCUT2D eigenvalue weighted by Crippen LogP contribution is 2.20. The van der Waals surface area contributed by atoms with Gasteiger partial charge in [-0.15, -0.1) is 0 Å². The minimum atomic E-state index is -0.163. The fraction of sp³-hybridized carbons (Fsp3) is 0.222. The van der Waals surface area contributed by atoms with Gasteiger partial charge in [-0.3, -0.25) is 9.59 Å². The predicted molar refractivity (Wildman–Crippen MR) is 80.0 cm³/mol. The minimum Gasteiger partial charge on any atom is -0.299 e. The van der Waals surface area contributed by atoms with E-state index in [1.54, 1.807) is 18.2 Å². The van der Waals surface area contributed by atoms with Crippen LogP contribution in [0.2, 0.25) is 0 Å². The lowest BCUT2D eigenvalue weighted by molar-refractivity contribution is -0.119. The molecule has 1 atom stereocenters. The maximum absolute atomic E-state index is 12.4. The van der Waals surface area contributed by atoms with Crippen molar-refractivity contribution in [3.63, 3.8) is 0 Å². The van der Waals surface area contributed by atoms with Gasteiger partial charge in [0.1, 0.15) is 5.78 Å². The highest BCUT2D eigenvalue weighted by Gasteiger charge is 2.15. The largest absolute Gasteiger partial charge is 0.299 e. The number of benzene rings is 2. The summed E-state index contributed by atoms with van der Waals surface area (Å²) in [4.78, 5) is 24.2. The Bertz CT molecular complexity index is 614. The Hall–Kier alpha value is -2.22. The molecule has 0 radical (unpaired) electrons. The molecule has 0 fully saturated rings. The second-order valence-corrected chi connectivity index (χ2v) is 4.86. The molecule has 0 amide bonds. The molecule has 0 saturated carbocycles. The normalized spacial score (nSPS) is 11.9. The molecule has 0 spiro atoms. The molecule has 2 rings (SSSR count). The molecule has 2 aromatic carbocycles. The van der Waals surface area contributed by atoms with Crippen LogP contribution in [-0.4, -0.2) is 11.6 Å². The first-order chi connectivity index (χ1) is 9.63. The van der Waals surface area contributed by atoms with E-state index < -0.39 is 0 Å². The Kier molecular flexibility index (Phi) is 4.46. The summed E-state index contributed by atoms with van der Waals surface area (Å²) in [6, 6.07) is 16.5. The summed E-state index contributed by atoms with van der Waals surface area (Å²) < 4.78 is 0. The summed E-state index contributed by atoms with van der Waals surface area (Å²) in [5.41, 5.74) is 2.20. The van der Waals surface area contributed by atoms with Crippen LogP contribution in [0.25, 0.3) is 0 Å². The van der Waals surface area contributed by atoms with Crippen LogP contribution in [0.1, 0.15) is 47.7 Å². The van der Waals surface area contributed by atoms with Crippen LogP contribution in [-0.2, 0) is 4.79 Å². The van der Waals surface area contributed by atoms with Crippen molar-refractivity contribution in [1.82, 2.24) is 0 Å². The van der Waals surface area contributed by atoms with Gasteiger partial charge in [-0.05, 0) is 11.6 Å². The van der Waals surface area contributed by atoms with E-state index in [0.29, 0.717) is 17.5 Å². The number of rotatable bonds is 5. The molecule has 0 heterocycles. The fourth-order valence-corrected chi connectivity index (χ4v) is 2.20. The molecule has 0 aliphatic rings. The molecule has 1 unspecified atom stereocenters. The maximum Gasteiger partial charge on any atom is 0.193 e. The van der Waals surface area contributed by atoms with Crippen LogP contribution in [0.3, 0.4) is 0 Å². The summed E-state index contributed by atoms with van der Waals surface area (Å²) in [5, 5.41) is 0. The summed E-state index contributed by atoms with van der Waals surface area (Å²) in [6.45, 7) is 3.75. The Morgan fingerprint density at radius 2 is 1.60 bits per heavy atom. The molecular formula is C18H18O2. The second-order valence-electron chi connectivity index (χ2n) is 4.86. The maximum atomic E-state index is 12.4. The fourth-order valence-electron chi connectivity index (χ4n) is 2.20. The van der Waals surface area contributed by atoms with Crippen LogP contribution < -0.4 is 0 Å². The SMILES string of the molecule is CCC(=O)C(C)c1cccc(C(=O)c2ccccc2)c1. The second kappa shape index (κ2) is 6.29. The van der Waals surface area contributed by atoms with Crippen molar-refractivity contribution < 1.29 is 9.59 Å². The number of carbonyl (C=O) groups is 2. The van der Waals surface area contributed by atoms with Crippen molar-refractivity contribution in [3.8, 4) is 0 Å². The molecule has 0 bridgehead atoms. The number of ketones is 2. The number of hydrogen-bond acceptors (Lipinski definition) is 2. The average Bonchev–Trinajstić information content (AvgIpc) is 2.53. The first-order valence-electron chi connectivity index (χ1n) is 6.86. The molecule has 2 heteroatoms. The first-order valence-corrected chi connectivity index (χ1v) is 6.86. The van der Waals surface area contributed by atoms with Crippen LogP contribution >= 0.6 is 0 Å². The van der Waals surface area contributed by atoms with Crippen molar-refractivity contribution in [3.05, 3.63) is 71.3 Å². The van der Waals surface area contributed by atoms with E-state index in [0.717, 1.165) is 5.56 Å². The van der Waals surface area contributed by atoms with Crippen molar-refractivity contribution in [2.75, 3.05) is 0 Å². The lowest BCUT2D eigenvalue weighted by Crippen LogP contribution is -2.09. The van der Waals surface area contributed by atoms with E-state index in [2.05, 4.69) is 0 Å². The summed E-state index contributed by atoms with van der Waals surface area (Å²) in [5.74, 6) is 0.0152. The molecule has 0 saturated heterocycles. The average molecular weight is 266 g/mol. The molecule has 20 heavy (non-hydrogen) atoms. The van der Waals surface area contributed by atoms with Crippen molar-refractivity contribution in [2.45, 2.75) is 26.2 Å². The van der Waals surface area contributed by atoms with Gasteiger partial charge < -0.3 is 0 Å². The van der Waals surface area contributed by atoms with Gasteiger partial charge in [0.15, 0.2) is 5.78 Å². The standard InChI is InChI=1S/C18H18O2/c1-3-17(19)13(2)15-10-7-11-16(12-15)18(20)14-8-5-4-6-9-14/h4-13H,3H2,1-2H3. The third-order valence-electron chi connectivity index (χ3n) is 3.52. The quantitative estimate of drug-likeness (QED) is 0.766. The molecule has 0 N–H and O–H groups in total. The molecule has 102 valence electrons. The summed E-state index contributed by atoms with van der Waals surface area (Å²) >= 11 is 0. The zero-order chi connectivity index (χ0) is 14.5. The zero-order valence-electron chi connectivity index (χ0n) is 11.8. The van der Waals surface area contributed by atoms with Crippen LogP contribution in [0.15, 0.2) is 54.6 Å². The van der Waals surface area contributed by atoms with Gasteiger partial charge in [-0.25, -0.2) is 0 Å². The van der Waals surface area contributed by atoms with Crippen LogP contribution in [0, 0.1) is 0 Å². The smallest absolute Gasteiger partial charge is 0.193 e. The molecule has 0 aromatic heterocycles. The molecule has 2 nitrogen and oxygen atoms in total. The van der Waals surface area contributed by atoms with E-state index in [1.807, 2.05) is 50.2 Å². The Morgan fingerprint density at radius 3 is 2.25 bits per heavy atom. The molecule has 0 aliphatic heterocycles. The van der Waals surface area contributed by atoms with Gasteiger partial charge in [-0.2, -0.15) is 0 Å². The van der Waals surface area contributed by atoms with Gasteiger partial charge >= 0.3 is 0 Å². The van der Waals surface area contributed by atoms with Crippen LogP contribution in [0.5, 0.6) is 0 Å². The van der Waals surface area contributed by atoms with Gasteiger partial charge in [0.2, 0.25) is 0 Å². The van der Waals surface area contributed by atoms with Crippen molar-refractivity contribution in [2.24, 2.45) is 0 Å². The van der Waals surface area contributed by atoms with Gasteiger partial charge in [0.25, 0.3) is 0 Å². The van der Waals surface area contributed by atoms with E-state index in [-0.39, 0.29) is 17.5 Å². The highest BCUT2D eigenvalue weighted by atomic mass is 16.1. The number of Topliss-reactive ketones (excluding diaryl/α,β-unsaturated/α-hetero) is 1. The van der Waals surface area contributed by atoms with Crippen molar-refractivity contribution in [1.29, 1.82) is 0 Å². The first kappa shape index (κ1) is 14.2. The number of carbonyl (C=O) groups excluding carboxylic acids is 2. The third-order valence-corrected chi connectivity index (χ3v) is 3.52. The Balaban J connectivity index is 2.31. The third kappa shape index (κ3) is 3.02. The molecular weight excluding hydrogens is 248 g/mol. The minimum absolute atomic E-state index is 0.0106. The lowest BCUT2D eigenvalue weighted by atomic mass is 9.92. The van der Waals surface area contributed by atoms with Gasteiger partial charge in [0, 0.05) is 23.5 Å². The molecule has 2 aromatic rings. The van der Waals surface area contributed by atoms with Gasteiger partial charge in [-0.1, -0.05) is 62.4 Å². The summed E-state index contributed by atoms with van der Waals surface area (Å²) in [6.07, 6.45) is 0.512. The van der Waals surface area contributed by atoms with Gasteiger partial charge in [0.05, 0.1) is 0 Å². The van der Waals surface area contributed by atoms with Crippen LogP contribution in [0.4, 0.5) is 0 Å². The van der Waals surface area contributed by atoms with E-state index in [9.17, 15) is 9.59 Å². The monoisotopic (exact) mass is 266 g/mol. The Labute approximate surface area is 119 Å². The summed E-state index contributed by atoms with van der Waals surface area (Å²) in [7, 11) is 0. The topological polar surface area (TPSA) is 34.1 Å². The van der Waals surface area contributed by atoms with E-state index in [1.165, 1.54) is 0 Å². The van der Waals surface area contributed by atoms with Crippen molar-refractivity contribution >= 4 is 11.6 Å². The predicted octanol–water partition coefficient (Wildman–Crippen LogP) is 4.00. The highest BCUT2D eigenvalue weighted by molar-refractivity contribution is 6.09. The lowest BCUT2D eigenvalue weighted by Gasteiger charge is -2.11. The number of hydrogen-bond donors (Lipinski definition) is 0. The Morgan fingerprint density at radius 1 is 0.950 bits per heavy atom. The van der Waals surface area contributed by atoms with E-state index >= 15 is 0 Å². The zero-order valence-corrected chi connectivity index (χ0v) is 11.8.